The van der Waals surface area contributed by atoms with E-state index >= 15 is 0 Å². The van der Waals surface area contributed by atoms with Crippen molar-refractivity contribution in [3.63, 3.8) is 0 Å². The van der Waals surface area contributed by atoms with Crippen molar-refractivity contribution in [1.82, 2.24) is 0 Å². The van der Waals surface area contributed by atoms with Crippen molar-refractivity contribution in [3.05, 3.63) is 53.6 Å². The van der Waals surface area contributed by atoms with Crippen LogP contribution in [0, 0.1) is 11.3 Å². The Bertz CT molecular complexity index is 685. The second-order valence-corrected chi connectivity index (χ2v) is 4.84. The Morgan fingerprint density at radius 3 is 2.64 bits per heavy atom. The lowest BCUT2D eigenvalue weighted by Gasteiger charge is -2.06. The molecule has 0 unspecified atom stereocenters. The fraction of sp³-hybridized carbons (Fsp3) is 0.222. The molecule has 22 heavy (non-hydrogen) atoms. The Morgan fingerprint density at radius 1 is 1.23 bits per heavy atom. The van der Waals surface area contributed by atoms with Crippen molar-refractivity contribution in [3.8, 4) is 17.6 Å². The van der Waals surface area contributed by atoms with Crippen LogP contribution in [0.25, 0.3) is 0 Å². The lowest BCUT2D eigenvalue weighted by molar-refractivity contribution is 0.307. The van der Waals surface area contributed by atoms with Gasteiger partial charge in [-0.05, 0) is 42.8 Å². The number of phenols is 1. The van der Waals surface area contributed by atoms with Gasteiger partial charge in [-0.25, -0.2) is 0 Å². The predicted molar refractivity (Wildman–Crippen MR) is 86.9 cm³/mol. The molecule has 112 valence electrons. The van der Waals surface area contributed by atoms with E-state index in [0.717, 1.165) is 18.5 Å². The Kier molecular flexibility index (Phi) is 5.56. The molecule has 0 bridgehead atoms. The maximum Gasteiger partial charge on any atom is 0.128 e. The van der Waals surface area contributed by atoms with E-state index in [0.29, 0.717) is 23.5 Å². The Morgan fingerprint density at radius 2 is 2.00 bits per heavy atom. The first kappa shape index (κ1) is 15.6. The van der Waals surface area contributed by atoms with Gasteiger partial charge in [0.15, 0.2) is 0 Å². The van der Waals surface area contributed by atoms with Crippen molar-refractivity contribution in [2.24, 2.45) is 4.99 Å². The smallest absolute Gasteiger partial charge is 0.128 e. The van der Waals surface area contributed by atoms with Gasteiger partial charge in [0, 0.05) is 17.8 Å². The molecule has 2 rings (SSSR count). The third-order valence-corrected chi connectivity index (χ3v) is 3.12. The average molecular weight is 294 g/mol. The summed E-state index contributed by atoms with van der Waals surface area (Å²) in [5.74, 6) is 0.785. The summed E-state index contributed by atoms with van der Waals surface area (Å²) in [5.41, 5.74) is 1.93. The molecule has 0 aliphatic carbocycles. The summed E-state index contributed by atoms with van der Waals surface area (Å²) in [5, 5.41) is 18.7. The van der Waals surface area contributed by atoms with E-state index < -0.39 is 0 Å². The number of aliphatic imine (C=N–C) groups is 1. The minimum Gasteiger partial charge on any atom is -0.507 e. The number of rotatable bonds is 6. The van der Waals surface area contributed by atoms with E-state index in [1.807, 2.05) is 6.07 Å². The summed E-state index contributed by atoms with van der Waals surface area (Å²) >= 11 is 0. The monoisotopic (exact) mass is 294 g/mol. The number of aromatic hydroxyl groups is 1. The van der Waals surface area contributed by atoms with Crippen molar-refractivity contribution in [2.45, 2.75) is 19.8 Å². The van der Waals surface area contributed by atoms with Crippen LogP contribution in [0.3, 0.4) is 0 Å². The molecule has 0 fully saturated rings. The highest BCUT2D eigenvalue weighted by molar-refractivity contribution is 5.85. The Labute approximate surface area is 130 Å². The number of nitrogens with zero attached hydrogens (tertiary/aromatic N) is 2. The molecule has 0 radical (unpaired) electrons. The minimum absolute atomic E-state index is 0.131. The maximum atomic E-state index is 9.99. The quantitative estimate of drug-likeness (QED) is 0.641. The van der Waals surface area contributed by atoms with Crippen LogP contribution in [-0.4, -0.2) is 17.9 Å². The lowest BCUT2D eigenvalue weighted by atomic mass is 10.2. The summed E-state index contributed by atoms with van der Waals surface area (Å²) in [6.45, 7) is 2.75. The largest absolute Gasteiger partial charge is 0.507 e. The number of phenolic OH excluding ortho intramolecular Hbond substituents is 1. The van der Waals surface area contributed by atoms with Crippen LogP contribution in [0.1, 0.15) is 30.9 Å². The zero-order valence-electron chi connectivity index (χ0n) is 12.5. The molecule has 0 aliphatic rings. The predicted octanol–water partition coefficient (Wildman–Crippen LogP) is 4.19. The van der Waals surface area contributed by atoms with E-state index in [4.69, 9.17) is 10.00 Å². The number of hydrogen-bond acceptors (Lipinski definition) is 4. The van der Waals surface area contributed by atoms with Crippen LogP contribution >= 0.6 is 0 Å². The highest BCUT2D eigenvalue weighted by Crippen LogP contribution is 2.23. The van der Waals surface area contributed by atoms with Gasteiger partial charge in [-0.15, -0.1) is 0 Å². The second kappa shape index (κ2) is 7.84. The lowest BCUT2D eigenvalue weighted by Crippen LogP contribution is -1.96. The van der Waals surface area contributed by atoms with Crippen LogP contribution in [0.4, 0.5) is 5.69 Å². The van der Waals surface area contributed by atoms with Gasteiger partial charge in [0.1, 0.15) is 11.5 Å². The van der Waals surface area contributed by atoms with E-state index in [-0.39, 0.29) is 5.75 Å². The van der Waals surface area contributed by atoms with Crippen LogP contribution in [0.5, 0.6) is 11.5 Å². The summed E-state index contributed by atoms with van der Waals surface area (Å²) in [6, 6.07) is 14.2. The molecule has 0 aromatic heterocycles. The topological polar surface area (TPSA) is 65.6 Å². The third-order valence-electron chi connectivity index (χ3n) is 3.12. The number of hydrogen-bond donors (Lipinski definition) is 1. The SMILES string of the molecule is CCCCOc1ccc(C=Nc2ccc(C#N)cc2)c(O)c1. The van der Waals surface area contributed by atoms with Gasteiger partial charge in [-0.1, -0.05) is 13.3 Å². The molecule has 1 N–H and O–H groups in total. The van der Waals surface area contributed by atoms with Gasteiger partial charge in [-0.3, -0.25) is 4.99 Å². The molecule has 0 atom stereocenters. The number of unbranched alkanes of at least 4 members (excludes halogenated alkanes) is 1. The average Bonchev–Trinajstić information content (AvgIpc) is 2.55. The molecular weight excluding hydrogens is 276 g/mol. The van der Waals surface area contributed by atoms with Crippen molar-refractivity contribution in [1.29, 1.82) is 5.26 Å². The Balaban J connectivity index is 2.05. The van der Waals surface area contributed by atoms with Crippen LogP contribution < -0.4 is 4.74 Å². The van der Waals surface area contributed by atoms with Crippen LogP contribution in [0.2, 0.25) is 0 Å². The van der Waals surface area contributed by atoms with Gasteiger partial charge in [-0.2, -0.15) is 5.26 Å². The summed E-state index contributed by atoms with van der Waals surface area (Å²) in [4.78, 5) is 4.28. The third kappa shape index (κ3) is 4.35. The molecule has 4 heteroatoms. The molecule has 0 saturated heterocycles. The zero-order chi connectivity index (χ0) is 15.8. The summed E-state index contributed by atoms with van der Waals surface area (Å²) < 4.78 is 5.54. The molecule has 4 nitrogen and oxygen atoms in total. The molecular formula is C18H18N2O2. The number of benzene rings is 2. The van der Waals surface area contributed by atoms with E-state index in [1.54, 1.807) is 42.6 Å². The molecule has 0 spiro atoms. The van der Waals surface area contributed by atoms with E-state index in [9.17, 15) is 5.11 Å². The van der Waals surface area contributed by atoms with Crippen molar-refractivity contribution >= 4 is 11.9 Å². The highest BCUT2D eigenvalue weighted by Gasteiger charge is 2.01. The van der Waals surface area contributed by atoms with Gasteiger partial charge in [0.25, 0.3) is 0 Å². The number of nitriles is 1. The molecule has 0 aliphatic heterocycles. The molecule has 2 aromatic rings. The fourth-order valence-corrected chi connectivity index (χ4v) is 1.82. The van der Waals surface area contributed by atoms with Gasteiger partial charge in [0.2, 0.25) is 0 Å². The van der Waals surface area contributed by atoms with Crippen LogP contribution in [0.15, 0.2) is 47.5 Å². The standard InChI is InChI=1S/C18H18N2O2/c1-2-3-10-22-17-9-6-15(18(21)11-17)13-20-16-7-4-14(12-19)5-8-16/h4-9,11,13,21H,2-3,10H2,1H3. The zero-order valence-corrected chi connectivity index (χ0v) is 12.5. The molecule has 0 saturated carbocycles. The summed E-state index contributed by atoms with van der Waals surface area (Å²) in [7, 11) is 0. The first-order valence-electron chi connectivity index (χ1n) is 7.23. The highest BCUT2D eigenvalue weighted by atomic mass is 16.5. The maximum absolute atomic E-state index is 9.99. The van der Waals surface area contributed by atoms with Crippen molar-refractivity contribution in [2.75, 3.05) is 6.61 Å². The van der Waals surface area contributed by atoms with Gasteiger partial charge in [0.05, 0.1) is 23.9 Å². The van der Waals surface area contributed by atoms with Gasteiger partial charge >= 0.3 is 0 Å². The number of ether oxygens (including phenoxy) is 1. The van der Waals surface area contributed by atoms with E-state index in [2.05, 4.69) is 18.0 Å². The summed E-state index contributed by atoms with van der Waals surface area (Å²) in [6.07, 6.45) is 3.65. The molecule has 0 heterocycles. The van der Waals surface area contributed by atoms with Crippen molar-refractivity contribution < 1.29 is 9.84 Å². The van der Waals surface area contributed by atoms with Gasteiger partial charge < -0.3 is 9.84 Å². The van der Waals surface area contributed by atoms with E-state index in [1.165, 1.54) is 0 Å². The first-order chi connectivity index (χ1) is 10.7. The normalized spacial score (nSPS) is 10.5. The molecule has 0 amide bonds. The Hall–Kier alpha value is -2.80. The molecule has 2 aromatic carbocycles. The second-order valence-electron chi connectivity index (χ2n) is 4.84. The van der Waals surface area contributed by atoms with Crippen LogP contribution in [-0.2, 0) is 0 Å². The minimum atomic E-state index is 0.131. The first-order valence-corrected chi connectivity index (χ1v) is 7.23. The fourth-order valence-electron chi connectivity index (χ4n) is 1.82.